The van der Waals surface area contributed by atoms with Crippen LogP contribution in [0.2, 0.25) is 0 Å². The Balaban J connectivity index is -0.0000000145. The molecule has 13 heavy (non-hydrogen) atoms. The minimum atomic E-state index is -2.27. The molecule has 0 atom stereocenters. The fourth-order valence-electron chi connectivity index (χ4n) is 0. The standard InChI is InChI=1S/2CH4.HIO.6O.Ti.2Zr/c;;1-2;;;;;;;;;/h2*1H4;1H;;;;;;;;;/i;;1T;;;;;;;;;. The van der Waals surface area contributed by atoms with Gasteiger partial charge >= 0.3 is 83.5 Å². The van der Waals surface area contributed by atoms with Crippen LogP contribution in [0.4, 0.5) is 0 Å². The number of rotatable bonds is 0. The number of hydrogen-bond acceptors (Lipinski definition) is 7. The van der Waals surface area contributed by atoms with E-state index in [1.165, 1.54) is 0 Å². The third kappa shape index (κ3) is 588. The summed E-state index contributed by atoms with van der Waals surface area (Å²) in [5.41, 5.74) is 0. The van der Waals surface area contributed by atoms with E-state index in [1.807, 2.05) is 0 Å². The normalized spacial score (nSPS) is 3.23. The van der Waals surface area contributed by atoms with Crippen LogP contribution in [0.15, 0.2) is 0 Å². The molecule has 7 nitrogen and oxygen atoms in total. The second-order valence-corrected chi connectivity index (χ2v) is 1.33. The first-order valence-electron chi connectivity index (χ1n) is 1.76. The summed E-state index contributed by atoms with van der Waals surface area (Å²) in [6.45, 7) is 0. The van der Waals surface area contributed by atoms with Gasteiger partial charge in [0.2, 0.25) is 0 Å². The zero-order chi connectivity index (χ0) is 10.8. The van der Waals surface area contributed by atoms with E-state index in [0.29, 0.717) is 0 Å². The van der Waals surface area contributed by atoms with Crippen LogP contribution >= 0.6 is 22.4 Å². The third-order valence-electron chi connectivity index (χ3n) is 0. The molecule has 0 saturated heterocycles. The summed E-state index contributed by atoms with van der Waals surface area (Å²) in [5.74, 6) is 0. The molecule has 11 heteroatoms. The SMILES string of the molecule is C.C.[3H]I=O.[O]=[Ti]=[O].[O]=[Zr]=[O].[O]=[Zr]=[O]. The van der Waals surface area contributed by atoms with Crippen LogP contribution < -0.4 is 0 Å². The van der Waals surface area contributed by atoms with Gasteiger partial charge in [-0.3, -0.25) is 3.07 Å². The van der Waals surface area contributed by atoms with E-state index in [2.05, 4.69) is 0 Å². The molecule has 0 heterocycles. The van der Waals surface area contributed by atoms with Gasteiger partial charge in [0.15, 0.2) is 0 Å². The van der Waals surface area contributed by atoms with Crippen LogP contribution in [-0.2, 0) is 86.5 Å². The van der Waals surface area contributed by atoms with Gasteiger partial charge in [0.25, 0.3) is 0 Å². The average molecular weight is 504 g/mol. The first-order valence-corrected chi connectivity index (χ1v) is 7.55. The van der Waals surface area contributed by atoms with Crippen molar-refractivity contribution in [3.05, 3.63) is 0 Å². The number of hydrogen-bond donors (Lipinski definition) is 0. The molecule has 0 spiro atoms. The summed E-state index contributed by atoms with van der Waals surface area (Å²) in [4.78, 5) is 0. The molecule has 0 fully saturated rings. The monoisotopic (exact) mass is 502 g/mol. The van der Waals surface area contributed by atoms with E-state index >= 15 is 0 Å². The van der Waals surface area contributed by atoms with E-state index in [1.54, 1.807) is 0 Å². The van der Waals surface area contributed by atoms with Crippen LogP contribution in [0.25, 0.3) is 0 Å². The molecule has 0 radical (unpaired) electrons. The van der Waals surface area contributed by atoms with Gasteiger partial charge in [-0.15, -0.1) is 0 Å². The summed E-state index contributed by atoms with van der Waals surface area (Å²) in [6.07, 6.45) is 0. The molecule has 0 aromatic heterocycles. The van der Waals surface area contributed by atoms with Crippen molar-refractivity contribution in [2.24, 2.45) is 0 Å². The maximum atomic E-state index is 8.71. The predicted molar refractivity (Wildman–Crippen MR) is 33.7 cm³/mol. The molecule has 0 N–H and O–H groups in total. The van der Waals surface area contributed by atoms with Gasteiger partial charge in [-0.1, -0.05) is 14.9 Å². The van der Waals surface area contributed by atoms with Crippen molar-refractivity contribution in [3.8, 4) is 0 Å². The van der Waals surface area contributed by atoms with E-state index in [-0.39, 0.29) is 14.9 Å². The van der Waals surface area contributed by atoms with Crippen LogP contribution in [0.1, 0.15) is 14.9 Å². The molecule has 0 amide bonds. The van der Waals surface area contributed by atoms with Crippen LogP contribution in [0, 0.1) is 0 Å². The van der Waals surface area contributed by atoms with Gasteiger partial charge in [0.05, 0.1) is 0 Å². The third-order valence-corrected chi connectivity index (χ3v) is 0. The van der Waals surface area contributed by atoms with E-state index in [9.17, 15) is 0 Å². The molecular weight excluding hydrogens is 493 g/mol. The quantitative estimate of drug-likeness (QED) is 0.357. The van der Waals surface area contributed by atoms with Crippen molar-refractivity contribution in [2.75, 3.05) is 0 Å². The van der Waals surface area contributed by atoms with Crippen LogP contribution in [0.3, 0.4) is 0 Å². The molecule has 0 rings (SSSR count). The van der Waals surface area contributed by atoms with Crippen molar-refractivity contribution >= 4 is 22.4 Å². The summed E-state index contributed by atoms with van der Waals surface area (Å²) >= 11 is -7.95. The van der Waals surface area contributed by atoms with Crippen molar-refractivity contribution < 1.29 is 86.5 Å². The Labute approximate surface area is 122 Å². The fourth-order valence-corrected chi connectivity index (χ4v) is 0. The summed E-state index contributed by atoms with van der Waals surface area (Å²) in [7, 11) is 0. The molecule has 0 unspecified atom stereocenters. The van der Waals surface area contributed by atoms with Crippen LogP contribution in [-0.4, -0.2) is 0.594 Å². The summed E-state index contributed by atoms with van der Waals surface area (Å²) in [6, 6.07) is 0. The van der Waals surface area contributed by atoms with Gasteiger partial charge in [-0.25, -0.2) is 0 Å². The Morgan fingerprint density at radius 3 is 1.00 bits per heavy atom. The zero-order valence-electron chi connectivity index (χ0n) is 5.74. The molecule has 0 aliphatic rings. The molecule has 0 aromatic carbocycles. The van der Waals surface area contributed by atoms with Crippen molar-refractivity contribution in [3.63, 3.8) is 0 Å². The summed E-state index contributed by atoms with van der Waals surface area (Å²) < 4.78 is 65.6. The number of halogens is 1. The minimum absolute atomic E-state index is 0. The Morgan fingerprint density at radius 1 is 1.00 bits per heavy atom. The maximum absolute atomic E-state index is 8.71. The molecule has 78 valence electrons. The second-order valence-electron chi connectivity index (χ2n) is 0.250. The van der Waals surface area contributed by atoms with Gasteiger partial charge in [-0.05, 0) is 0 Å². The van der Waals surface area contributed by atoms with Gasteiger partial charge in [0, 0.05) is 0 Å². The van der Waals surface area contributed by atoms with E-state index in [0.717, 1.165) is 0 Å². The van der Waals surface area contributed by atoms with Crippen molar-refractivity contribution in [1.29, 1.82) is 0.594 Å². The van der Waals surface area contributed by atoms with E-state index in [4.69, 9.17) is 21.6 Å². The molecule has 0 saturated carbocycles. The topological polar surface area (TPSA) is 119 Å². The Morgan fingerprint density at radius 2 is 1.00 bits per heavy atom. The molecule has 0 aliphatic heterocycles. The summed E-state index contributed by atoms with van der Waals surface area (Å²) in [5, 5.41) is 0. The zero-order valence-corrected chi connectivity index (χ0v) is 13.4. The molecular formula is C2H9IO7TiZr2. The van der Waals surface area contributed by atoms with Crippen molar-refractivity contribution in [1.82, 2.24) is 0 Å². The van der Waals surface area contributed by atoms with Gasteiger partial charge in [-0.2, -0.15) is 0 Å². The fraction of sp³-hybridized carbons (Fsp3) is 1.00. The van der Waals surface area contributed by atoms with Gasteiger partial charge in [0.1, 0.15) is 23.0 Å². The van der Waals surface area contributed by atoms with Crippen LogP contribution in [0.5, 0.6) is 0 Å². The Kier molecular flexibility index (Phi) is 221. The second kappa shape index (κ2) is 97.9. The van der Waals surface area contributed by atoms with Gasteiger partial charge < -0.3 is 0 Å². The Bertz CT molecular complexity index is 154. The average Bonchev–Trinajstić information content (AvgIpc) is 1.92. The first-order chi connectivity index (χ1) is 5.66. The molecule has 0 aromatic rings. The first kappa shape index (κ1) is 29.3. The van der Waals surface area contributed by atoms with Crippen molar-refractivity contribution in [2.45, 2.75) is 14.9 Å². The Hall–Kier alpha value is 1.81. The van der Waals surface area contributed by atoms with E-state index < -0.39 is 88.0 Å². The molecule has 0 bridgehead atoms. The molecule has 0 aliphatic carbocycles. The predicted octanol–water partition coefficient (Wildman–Crippen LogP) is 1.05.